The molecule has 1 aromatic carbocycles. The van der Waals surface area contributed by atoms with Crippen molar-refractivity contribution in [2.45, 2.75) is 18.9 Å². The summed E-state index contributed by atoms with van der Waals surface area (Å²) < 4.78 is 5.19. The summed E-state index contributed by atoms with van der Waals surface area (Å²) >= 11 is 0. The molecule has 0 saturated heterocycles. The number of anilines is 2. The molecule has 1 aromatic rings. The summed E-state index contributed by atoms with van der Waals surface area (Å²) in [5.74, 6) is 0.727. The lowest BCUT2D eigenvalue weighted by molar-refractivity contribution is 0.337. The molecule has 0 unspecified atom stereocenters. The number of likely N-dealkylation sites (N-methyl/N-ethyl adjacent to an activating group) is 1. The number of nitrogen functional groups attached to an aromatic ring is 1. The van der Waals surface area contributed by atoms with Crippen molar-refractivity contribution < 1.29 is 4.74 Å². The van der Waals surface area contributed by atoms with Gasteiger partial charge in [0, 0.05) is 30.9 Å². The molecule has 0 aliphatic heterocycles. The molecule has 4 nitrogen and oxygen atoms in total. The zero-order valence-electron chi connectivity index (χ0n) is 10.6. The van der Waals surface area contributed by atoms with Crippen molar-refractivity contribution in [2.75, 3.05) is 38.3 Å². The Balaban J connectivity index is 1.81. The molecule has 0 aromatic heterocycles. The minimum Gasteiger partial charge on any atom is -0.495 e. The van der Waals surface area contributed by atoms with Gasteiger partial charge >= 0.3 is 0 Å². The van der Waals surface area contributed by atoms with Crippen LogP contribution in [-0.4, -0.2) is 38.2 Å². The van der Waals surface area contributed by atoms with Crippen LogP contribution in [0.25, 0.3) is 0 Å². The summed E-state index contributed by atoms with van der Waals surface area (Å²) in [5.41, 5.74) is 7.49. The van der Waals surface area contributed by atoms with Crippen molar-refractivity contribution in [3.63, 3.8) is 0 Å². The van der Waals surface area contributed by atoms with Crippen molar-refractivity contribution in [1.82, 2.24) is 4.90 Å². The Morgan fingerprint density at radius 1 is 1.47 bits per heavy atom. The Hall–Kier alpha value is -1.42. The largest absolute Gasteiger partial charge is 0.495 e. The highest BCUT2D eigenvalue weighted by Gasteiger charge is 2.25. The fraction of sp³-hybridized carbons (Fsp3) is 0.538. The van der Waals surface area contributed by atoms with Gasteiger partial charge in [0.15, 0.2) is 0 Å². The van der Waals surface area contributed by atoms with E-state index in [0.717, 1.165) is 30.6 Å². The topological polar surface area (TPSA) is 50.5 Å². The normalized spacial score (nSPS) is 15.0. The van der Waals surface area contributed by atoms with Crippen molar-refractivity contribution in [2.24, 2.45) is 0 Å². The van der Waals surface area contributed by atoms with Crippen LogP contribution in [-0.2, 0) is 0 Å². The van der Waals surface area contributed by atoms with Gasteiger partial charge in [0.05, 0.1) is 12.8 Å². The van der Waals surface area contributed by atoms with Crippen LogP contribution in [0.2, 0.25) is 0 Å². The molecule has 1 saturated carbocycles. The molecule has 0 radical (unpaired) electrons. The number of nitrogens with two attached hydrogens (primary N) is 1. The number of rotatable bonds is 6. The van der Waals surface area contributed by atoms with E-state index in [1.165, 1.54) is 12.8 Å². The number of ether oxygens (including phenoxy) is 1. The van der Waals surface area contributed by atoms with Gasteiger partial charge in [-0.1, -0.05) is 0 Å². The summed E-state index contributed by atoms with van der Waals surface area (Å²) in [7, 11) is 3.82. The number of nitrogens with one attached hydrogen (secondary N) is 1. The van der Waals surface area contributed by atoms with Gasteiger partial charge in [-0.25, -0.2) is 0 Å². The predicted molar refractivity (Wildman–Crippen MR) is 71.5 cm³/mol. The molecule has 3 N–H and O–H groups in total. The van der Waals surface area contributed by atoms with Gasteiger partial charge in [0.25, 0.3) is 0 Å². The Morgan fingerprint density at radius 3 is 2.88 bits per heavy atom. The number of hydrogen-bond donors (Lipinski definition) is 2. The van der Waals surface area contributed by atoms with E-state index in [9.17, 15) is 0 Å². The molecular weight excluding hydrogens is 214 g/mol. The lowest BCUT2D eigenvalue weighted by Crippen LogP contribution is -2.26. The van der Waals surface area contributed by atoms with E-state index in [2.05, 4.69) is 17.3 Å². The van der Waals surface area contributed by atoms with Gasteiger partial charge in [-0.05, 0) is 32.0 Å². The molecule has 4 heteroatoms. The maximum atomic E-state index is 5.76. The van der Waals surface area contributed by atoms with Gasteiger partial charge in [-0.3, -0.25) is 0 Å². The van der Waals surface area contributed by atoms with E-state index in [-0.39, 0.29) is 0 Å². The van der Waals surface area contributed by atoms with E-state index in [1.807, 2.05) is 18.2 Å². The molecule has 2 rings (SSSR count). The van der Waals surface area contributed by atoms with Gasteiger partial charge in [0.2, 0.25) is 0 Å². The van der Waals surface area contributed by atoms with Crippen LogP contribution in [0.1, 0.15) is 12.8 Å². The molecule has 0 atom stereocenters. The zero-order valence-corrected chi connectivity index (χ0v) is 10.6. The maximum Gasteiger partial charge on any atom is 0.143 e. The van der Waals surface area contributed by atoms with Gasteiger partial charge < -0.3 is 20.7 Å². The van der Waals surface area contributed by atoms with Crippen LogP contribution < -0.4 is 15.8 Å². The molecule has 0 amide bonds. The number of benzene rings is 1. The minimum absolute atomic E-state index is 0.674. The molecule has 94 valence electrons. The maximum absolute atomic E-state index is 5.76. The predicted octanol–water partition coefficient (Wildman–Crippen LogP) is 1.78. The number of nitrogens with zero attached hydrogens (tertiary/aromatic N) is 1. The van der Waals surface area contributed by atoms with Crippen LogP contribution >= 0.6 is 0 Å². The van der Waals surface area contributed by atoms with E-state index in [4.69, 9.17) is 10.5 Å². The van der Waals surface area contributed by atoms with Gasteiger partial charge in [0.1, 0.15) is 5.75 Å². The summed E-state index contributed by atoms with van der Waals surface area (Å²) in [5, 5.41) is 3.38. The first-order valence-corrected chi connectivity index (χ1v) is 6.08. The van der Waals surface area contributed by atoms with Crippen molar-refractivity contribution in [3.8, 4) is 5.75 Å². The van der Waals surface area contributed by atoms with Crippen LogP contribution in [0.15, 0.2) is 18.2 Å². The molecular formula is C13H21N3O. The first kappa shape index (κ1) is 12.0. The van der Waals surface area contributed by atoms with E-state index in [1.54, 1.807) is 7.11 Å². The third-order valence-electron chi connectivity index (χ3n) is 3.20. The second kappa shape index (κ2) is 5.27. The van der Waals surface area contributed by atoms with E-state index in [0.29, 0.717) is 5.69 Å². The average molecular weight is 235 g/mol. The van der Waals surface area contributed by atoms with Gasteiger partial charge in [-0.2, -0.15) is 0 Å². The second-order valence-electron chi connectivity index (χ2n) is 4.60. The molecule has 17 heavy (non-hydrogen) atoms. The highest BCUT2D eigenvalue weighted by atomic mass is 16.5. The summed E-state index contributed by atoms with van der Waals surface area (Å²) in [4.78, 5) is 2.40. The Bertz CT molecular complexity index is 377. The second-order valence-corrected chi connectivity index (χ2v) is 4.60. The van der Waals surface area contributed by atoms with E-state index < -0.39 is 0 Å². The summed E-state index contributed by atoms with van der Waals surface area (Å²) in [6.45, 7) is 2.01. The van der Waals surface area contributed by atoms with E-state index >= 15 is 0 Å². The van der Waals surface area contributed by atoms with Crippen molar-refractivity contribution >= 4 is 11.4 Å². The lowest BCUT2D eigenvalue weighted by atomic mass is 10.2. The number of methoxy groups -OCH3 is 1. The Kier molecular flexibility index (Phi) is 3.74. The van der Waals surface area contributed by atoms with Crippen LogP contribution in [0.5, 0.6) is 5.75 Å². The lowest BCUT2D eigenvalue weighted by Gasteiger charge is -2.16. The molecule has 1 aliphatic carbocycles. The quantitative estimate of drug-likeness (QED) is 0.738. The Morgan fingerprint density at radius 2 is 2.24 bits per heavy atom. The third-order valence-corrected chi connectivity index (χ3v) is 3.20. The highest BCUT2D eigenvalue weighted by Crippen LogP contribution is 2.26. The van der Waals surface area contributed by atoms with Crippen molar-refractivity contribution in [1.29, 1.82) is 0 Å². The fourth-order valence-electron chi connectivity index (χ4n) is 1.90. The first-order valence-electron chi connectivity index (χ1n) is 6.08. The van der Waals surface area contributed by atoms with Crippen LogP contribution in [0.4, 0.5) is 11.4 Å². The molecule has 0 bridgehead atoms. The van der Waals surface area contributed by atoms with Crippen LogP contribution in [0.3, 0.4) is 0 Å². The zero-order chi connectivity index (χ0) is 12.3. The van der Waals surface area contributed by atoms with Gasteiger partial charge in [-0.15, -0.1) is 0 Å². The molecule has 1 fully saturated rings. The Labute approximate surface area is 103 Å². The summed E-state index contributed by atoms with van der Waals surface area (Å²) in [6, 6.07) is 6.60. The average Bonchev–Trinajstić information content (AvgIpc) is 3.15. The minimum atomic E-state index is 0.674. The first-order chi connectivity index (χ1) is 8.20. The SMILES string of the molecule is COc1cc(NCCN(C)C2CC2)ccc1N. The molecule has 0 heterocycles. The smallest absolute Gasteiger partial charge is 0.143 e. The third kappa shape index (κ3) is 3.27. The van der Waals surface area contributed by atoms with Crippen molar-refractivity contribution in [3.05, 3.63) is 18.2 Å². The summed E-state index contributed by atoms with van der Waals surface area (Å²) in [6.07, 6.45) is 2.71. The number of hydrogen-bond acceptors (Lipinski definition) is 4. The van der Waals surface area contributed by atoms with Crippen LogP contribution in [0, 0.1) is 0 Å². The standard InChI is InChI=1S/C13H21N3O/c1-16(11-4-5-11)8-7-15-10-3-6-12(14)13(9-10)17-2/h3,6,9,11,15H,4-5,7-8,14H2,1-2H3. The molecule has 1 aliphatic rings. The monoisotopic (exact) mass is 235 g/mol. The highest BCUT2D eigenvalue weighted by molar-refractivity contribution is 5.61. The molecule has 0 spiro atoms. The fourth-order valence-corrected chi connectivity index (χ4v) is 1.90.